The summed E-state index contributed by atoms with van der Waals surface area (Å²) in [5.74, 6) is 0.488. The lowest BCUT2D eigenvalue weighted by molar-refractivity contribution is 0.102. The summed E-state index contributed by atoms with van der Waals surface area (Å²) >= 11 is 2.87. The number of aromatic nitrogens is 2. The lowest BCUT2D eigenvalue weighted by atomic mass is 10.1. The molecule has 0 aliphatic carbocycles. The van der Waals surface area contributed by atoms with Gasteiger partial charge in [0, 0.05) is 19.2 Å². The summed E-state index contributed by atoms with van der Waals surface area (Å²) in [5, 5.41) is 12.0. The minimum atomic E-state index is 0.113. The summed E-state index contributed by atoms with van der Waals surface area (Å²) in [6.07, 6.45) is 2.16. The summed E-state index contributed by atoms with van der Waals surface area (Å²) < 4.78 is 5.76. The van der Waals surface area contributed by atoms with Crippen LogP contribution in [-0.2, 0) is 11.2 Å². The van der Waals surface area contributed by atoms with Crippen LogP contribution in [0.1, 0.15) is 29.3 Å². The molecule has 2 aromatic rings. The Labute approximate surface area is 144 Å². The fraction of sp³-hybridized carbons (Fsp3) is 0.438. The highest BCUT2D eigenvalue weighted by atomic mass is 32.2. The van der Waals surface area contributed by atoms with Gasteiger partial charge < -0.3 is 10.1 Å². The molecule has 0 radical (unpaired) electrons. The molecule has 1 aromatic carbocycles. The molecule has 0 atom stereocenters. The normalized spacial score (nSPS) is 10.7. The third-order valence-corrected chi connectivity index (χ3v) is 5.14. The topological polar surface area (TPSA) is 64.1 Å². The Kier molecular flexibility index (Phi) is 7.51. The molecule has 2 rings (SSSR count). The van der Waals surface area contributed by atoms with Crippen LogP contribution in [-0.4, -0.2) is 42.0 Å². The zero-order valence-electron chi connectivity index (χ0n) is 13.4. The fourth-order valence-corrected chi connectivity index (χ4v) is 3.63. The van der Waals surface area contributed by atoms with Crippen molar-refractivity contribution in [3.8, 4) is 0 Å². The standard InChI is InChI=1S/C16H21N3O2S2/c1-3-4-12-5-7-13(8-6-12)14(20)11-22-16-19-18-15(23-16)17-9-10-21-2/h5-8H,3-4,9-11H2,1-2H3,(H,17,18). The average Bonchev–Trinajstić information content (AvgIpc) is 3.02. The van der Waals surface area contributed by atoms with Gasteiger partial charge in [-0.05, 0) is 12.0 Å². The number of thioether (sulfide) groups is 1. The molecule has 23 heavy (non-hydrogen) atoms. The molecule has 0 bridgehead atoms. The van der Waals surface area contributed by atoms with Gasteiger partial charge >= 0.3 is 0 Å². The minimum Gasteiger partial charge on any atom is -0.383 e. The number of nitrogens with zero attached hydrogens (tertiary/aromatic N) is 2. The summed E-state index contributed by atoms with van der Waals surface area (Å²) in [6, 6.07) is 7.88. The molecule has 0 spiro atoms. The minimum absolute atomic E-state index is 0.113. The number of carbonyl (C=O) groups excluding carboxylic acids is 1. The van der Waals surface area contributed by atoms with Crippen molar-refractivity contribution in [2.75, 3.05) is 31.3 Å². The van der Waals surface area contributed by atoms with Crippen molar-refractivity contribution in [3.05, 3.63) is 35.4 Å². The van der Waals surface area contributed by atoms with Crippen LogP contribution in [0, 0.1) is 0 Å². The molecule has 0 fully saturated rings. The molecule has 0 aliphatic heterocycles. The average molecular weight is 351 g/mol. The molecule has 7 heteroatoms. The van der Waals surface area contributed by atoms with Crippen LogP contribution in [0.4, 0.5) is 5.13 Å². The maximum atomic E-state index is 12.2. The number of ketones is 1. The maximum absolute atomic E-state index is 12.2. The third kappa shape index (κ3) is 5.93. The van der Waals surface area contributed by atoms with Gasteiger partial charge in [-0.25, -0.2) is 0 Å². The zero-order chi connectivity index (χ0) is 16.5. The Balaban J connectivity index is 1.81. The predicted molar refractivity (Wildman–Crippen MR) is 95.8 cm³/mol. The highest BCUT2D eigenvalue weighted by Crippen LogP contribution is 2.26. The molecule has 0 amide bonds. The maximum Gasteiger partial charge on any atom is 0.206 e. The Morgan fingerprint density at radius 3 is 2.78 bits per heavy atom. The molecule has 5 nitrogen and oxygen atoms in total. The predicted octanol–water partition coefficient (Wildman–Crippen LogP) is 3.52. The van der Waals surface area contributed by atoms with Crippen molar-refractivity contribution in [2.24, 2.45) is 0 Å². The molecule has 0 aliphatic rings. The Morgan fingerprint density at radius 2 is 2.09 bits per heavy atom. The van der Waals surface area contributed by atoms with Crippen LogP contribution in [0.5, 0.6) is 0 Å². The number of ether oxygens (including phenoxy) is 1. The van der Waals surface area contributed by atoms with Gasteiger partial charge in [0.25, 0.3) is 0 Å². The second kappa shape index (κ2) is 9.64. The first-order valence-electron chi connectivity index (χ1n) is 7.54. The smallest absolute Gasteiger partial charge is 0.206 e. The number of aryl methyl sites for hydroxylation is 1. The largest absolute Gasteiger partial charge is 0.383 e. The number of benzene rings is 1. The zero-order valence-corrected chi connectivity index (χ0v) is 15.0. The van der Waals surface area contributed by atoms with Crippen molar-refractivity contribution in [1.82, 2.24) is 10.2 Å². The van der Waals surface area contributed by atoms with E-state index in [-0.39, 0.29) is 5.78 Å². The monoisotopic (exact) mass is 351 g/mol. The molecule has 1 N–H and O–H groups in total. The number of hydrogen-bond acceptors (Lipinski definition) is 7. The third-order valence-electron chi connectivity index (χ3n) is 3.13. The van der Waals surface area contributed by atoms with Crippen molar-refractivity contribution in [3.63, 3.8) is 0 Å². The fourth-order valence-electron chi connectivity index (χ4n) is 1.96. The summed E-state index contributed by atoms with van der Waals surface area (Å²) in [5.41, 5.74) is 2.02. The van der Waals surface area contributed by atoms with Gasteiger partial charge in [0.1, 0.15) is 0 Å². The van der Waals surface area contributed by atoms with E-state index in [2.05, 4.69) is 22.4 Å². The van der Waals surface area contributed by atoms with Gasteiger partial charge in [-0.1, -0.05) is 60.7 Å². The summed E-state index contributed by atoms with van der Waals surface area (Å²) in [7, 11) is 1.66. The molecular formula is C16H21N3O2S2. The van der Waals surface area contributed by atoms with Crippen LogP contribution in [0.15, 0.2) is 28.6 Å². The van der Waals surface area contributed by atoms with Gasteiger partial charge in [0.15, 0.2) is 10.1 Å². The number of hydrogen-bond donors (Lipinski definition) is 1. The number of Topliss-reactive ketones (excluding diaryl/α,β-unsaturated/α-hetero) is 1. The first kappa shape index (κ1) is 17.9. The van der Waals surface area contributed by atoms with E-state index in [1.54, 1.807) is 7.11 Å². The Bertz CT molecular complexity index is 614. The van der Waals surface area contributed by atoms with E-state index in [0.29, 0.717) is 18.9 Å². The van der Waals surface area contributed by atoms with E-state index in [1.807, 2.05) is 24.3 Å². The van der Waals surface area contributed by atoms with E-state index < -0.39 is 0 Å². The molecule has 124 valence electrons. The van der Waals surface area contributed by atoms with E-state index in [4.69, 9.17) is 4.74 Å². The quantitative estimate of drug-likeness (QED) is 0.401. The number of nitrogens with one attached hydrogen (secondary N) is 1. The van der Waals surface area contributed by atoms with Crippen LogP contribution in [0.3, 0.4) is 0 Å². The van der Waals surface area contributed by atoms with Gasteiger partial charge in [0.2, 0.25) is 5.13 Å². The van der Waals surface area contributed by atoms with Gasteiger partial charge in [0.05, 0.1) is 12.4 Å². The molecule has 1 heterocycles. The van der Waals surface area contributed by atoms with Crippen LogP contribution >= 0.6 is 23.1 Å². The molecule has 0 unspecified atom stereocenters. The van der Waals surface area contributed by atoms with Gasteiger partial charge in [-0.15, -0.1) is 10.2 Å². The number of carbonyl (C=O) groups is 1. The Morgan fingerprint density at radius 1 is 1.30 bits per heavy atom. The number of anilines is 1. The SMILES string of the molecule is CCCc1ccc(C(=O)CSc2nnc(NCCOC)s2)cc1. The highest BCUT2D eigenvalue weighted by molar-refractivity contribution is 8.01. The lowest BCUT2D eigenvalue weighted by Crippen LogP contribution is -2.06. The van der Waals surface area contributed by atoms with Crippen LogP contribution < -0.4 is 5.32 Å². The van der Waals surface area contributed by atoms with Crippen LogP contribution in [0.25, 0.3) is 0 Å². The van der Waals surface area contributed by atoms with Crippen LogP contribution in [0.2, 0.25) is 0 Å². The molecule has 1 aromatic heterocycles. The summed E-state index contributed by atoms with van der Waals surface area (Å²) in [6.45, 7) is 3.46. The Hall–Kier alpha value is -1.44. The first-order valence-corrected chi connectivity index (χ1v) is 9.34. The molecule has 0 saturated heterocycles. The van der Waals surface area contributed by atoms with E-state index in [1.165, 1.54) is 28.7 Å². The first-order chi connectivity index (χ1) is 11.2. The molecular weight excluding hydrogens is 330 g/mol. The lowest BCUT2D eigenvalue weighted by Gasteiger charge is -2.02. The van der Waals surface area contributed by atoms with Crippen molar-refractivity contribution < 1.29 is 9.53 Å². The van der Waals surface area contributed by atoms with Crippen molar-refractivity contribution >= 4 is 34.0 Å². The van der Waals surface area contributed by atoms with E-state index in [9.17, 15) is 4.79 Å². The number of methoxy groups -OCH3 is 1. The summed E-state index contributed by atoms with van der Waals surface area (Å²) in [4.78, 5) is 12.2. The van der Waals surface area contributed by atoms with Gasteiger partial charge in [-0.3, -0.25) is 4.79 Å². The van der Waals surface area contributed by atoms with Crippen molar-refractivity contribution in [1.29, 1.82) is 0 Å². The molecule has 0 saturated carbocycles. The number of rotatable bonds is 10. The second-order valence-corrected chi connectivity index (χ2v) is 7.15. The van der Waals surface area contributed by atoms with E-state index in [0.717, 1.165) is 27.9 Å². The second-order valence-electron chi connectivity index (χ2n) is 4.95. The van der Waals surface area contributed by atoms with Gasteiger partial charge in [-0.2, -0.15) is 0 Å². The highest BCUT2D eigenvalue weighted by Gasteiger charge is 2.10. The van der Waals surface area contributed by atoms with E-state index >= 15 is 0 Å². The van der Waals surface area contributed by atoms with Crippen molar-refractivity contribution in [2.45, 2.75) is 24.1 Å².